The largest absolute Gasteiger partial charge is 0.494 e. The number of benzene rings is 2. The van der Waals surface area contributed by atoms with E-state index in [1.54, 1.807) is 24.3 Å². The van der Waals surface area contributed by atoms with Gasteiger partial charge >= 0.3 is 0 Å². The lowest BCUT2D eigenvalue weighted by Crippen LogP contribution is -2.16. The molecule has 0 fully saturated rings. The topological polar surface area (TPSA) is 74.1 Å². The molecule has 6 heteroatoms. The van der Waals surface area contributed by atoms with Gasteiger partial charge in [0.2, 0.25) is 0 Å². The summed E-state index contributed by atoms with van der Waals surface area (Å²) in [4.78, 5) is 12.2. The number of carbonyl (C=O) groups is 1. The van der Waals surface area contributed by atoms with E-state index >= 15 is 0 Å². The molecule has 1 amide bonds. The molecule has 0 bridgehead atoms. The minimum Gasteiger partial charge on any atom is -0.494 e. The molecule has 25 heavy (non-hydrogen) atoms. The number of halogens is 1. The number of nitriles is 1. The zero-order valence-corrected chi connectivity index (χ0v) is 15.3. The molecule has 0 radical (unpaired) electrons. The predicted molar refractivity (Wildman–Crippen MR) is 101 cm³/mol. The van der Waals surface area contributed by atoms with Gasteiger partial charge in [-0.1, -0.05) is 34.1 Å². The molecular formula is C19H18BrN3O2. The smallest absolute Gasteiger partial charge is 0.267 e. The van der Waals surface area contributed by atoms with E-state index in [1.165, 1.54) is 6.20 Å². The summed E-state index contributed by atoms with van der Waals surface area (Å²) in [5.74, 6) is 0.262. The molecule has 0 aliphatic carbocycles. The molecule has 0 aromatic heterocycles. The first kappa shape index (κ1) is 18.6. The van der Waals surface area contributed by atoms with Crippen molar-refractivity contribution >= 4 is 27.5 Å². The number of amides is 1. The highest BCUT2D eigenvalue weighted by Gasteiger charge is 2.09. The number of ether oxygens (including phenoxy) is 1. The van der Waals surface area contributed by atoms with Crippen molar-refractivity contribution in [3.8, 4) is 11.8 Å². The van der Waals surface area contributed by atoms with Crippen molar-refractivity contribution in [3.63, 3.8) is 0 Å². The van der Waals surface area contributed by atoms with Crippen LogP contribution >= 0.6 is 15.9 Å². The maximum Gasteiger partial charge on any atom is 0.267 e. The van der Waals surface area contributed by atoms with Gasteiger partial charge in [0.25, 0.3) is 5.91 Å². The van der Waals surface area contributed by atoms with Gasteiger partial charge < -0.3 is 15.4 Å². The van der Waals surface area contributed by atoms with Gasteiger partial charge in [0, 0.05) is 22.9 Å². The number of anilines is 1. The lowest BCUT2D eigenvalue weighted by atomic mass is 10.2. The van der Waals surface area contributed by atoms with Gasteiger partial charge in [-0.3, -0.25) is 4.79 Å². The summed E-state index contributed by atoms with van der Waals surface area (Å²) in [6, 6.07) is 16.6. The lowest BCUT2D eigenvalue weighted by molar-refractivity contribution is -0.112. The molecule has 0 atom stereocenters. The second-order valence-corrected chi connectivity index (χ2v) is 5.91. The van der Waals surface area contributed by atoms with E-state index in [2.05, 4.69) is 26.6 Å². The van der Waals surface area contributed by atoms with Crippen LogP contribution in [0.15, 0.2) is 64.8 Å². The van der Waals surface area contributed by atoms with Gasteiger partial charge in [0.15, 0.2) is 0 Å². The highest BCUT2D eigenvalue weighted by molar-refractivity contribution is 9.10. The van der Waals surface area contributed by atoms with Crippen LogP contribution in [0.25, 0.3) is 0 Å². The first-order chi connectivity index (χ1) is 12.1. The molecule has 2 aromatic carbocycles. The Balaban J connectivity index is 1.96. The Kier molecular flexibility index (Phi) is 7.05. The fourth-order valence-corrected chi connectivity index (χ4v) is 2.48. The Morgan fingerprint density at radius 3 is 2.60 bits per heavy atom. The van der Waals surface area contributed by atoms with Crippen molar-refractivity contribution < 1.29 is 9.53 Å². The Morgan fingerprint density at radius 1 is 1.24 bits per heavy atom. The van der Waals surface area contributed by atoms with Crippen LogP contribution < -0.4 is 15.4 Å². The summed E-state index contributed by atoms with van der Waals surface area (Å²) in [5.41, 5.74) is 1.63. The van der Waals surface area contributed by atoms with Crippen LogP contribution in [0, 0.1) is 11.3 Å². The fraction of sp³-hybridized carbons (Fsp3) is 0.158. The Bertz CT molecular complexity index is 795. The fourth-order valence-electron chi connectivity index (χ4n) is 2.05. The minimum absolute atomic E-state index is 0.000869. The third kappa shape index (κ3) is 5.66. The number of carbonyl (C=O) groups excluding carboxylic acids is 1. The van der Waals surface area contributed by atoms with E-state index in [1.807, 2.05) is 37.3 Å². The van der Waals surface area contributed by atoms with Crippen LogP contribution in [0.4, 0.5) is 5.69 Å². The Labute approximate surface area is 155 Å². The minimum atomic E-state index is -0.466. The molecule has 2 aromatic rings. The molecule has 2 rings (SSSR count). The van der Waals surface area contributed by atoms with E-state index < -0.39 is 5.91 Å². The predicted octanol–water partition coefficient (Wildman–Crippen LogP) is 3.98. The molecule has 5 nitrogen and oxygen atoms in total. The van der Waals surface area contributed by atoms with E-state index in [0.717, 1.165) is 15.8 Å². The van der Waals surface area contributed by atoms with Crippen molar-refractivity contribution in [2.75, 3.05) is 11.9 Å². The van der Waals surface area contributed by atoms with Gasteiger partial charge in [-0.25, -0.2) is 0 Å². The molecule has 0 aliphatic rings. The average molecular weight is 400 g/mol. The Morgan fingerprint density at radius 2 is 1.96 bits per heavy atom. The van der Waals surface area contributed by atoms with E-state index in [-0.39, 0.29) is 5.57 Å². The summed E-state index contributed by atoms with van der Waals surface area (Å²) in [6.45, 7) is 2.99. The first-order valence-electron chi connectivity index (χ1n) is 7.75. The summed E-state index contributed by atoms with van der Waals surface area (Å²) in [6.07, 6.45) is 1.42. The monoisotopic (exact) mass is 399 g/mol. The number of hydrogen-bond acceptors (Lipinski definition) is 4. The molecule has 2 N–H and O–H groups in total. The zero-order chi connectivity index (χ0) is 18.1. The maximum absolute atomic E-state index is 12.2. The summed E-state index contributed by atoms with van der Waals surface area (Å²) >= 11 is 3.46. The lowest BCUT2D eigenvalue weighted by Gasteiger charge is -2.07. The van der Waals surface area contributed by atoms with E-state index in [4.69, 9.17) is 4.74 Å². The second-order valence-electron chi connectivity index (χ2n) is 5.05. The first-order valence-corrected chi connectivity index (χ1v) is 8.54. The van der Waals surface area contributed by atoms with Crippen LogP contribution in [0.5, 0.6) is 5.75 Å². The zero-order valence-electron chi connectivity index (χ0n) is 13.8. The molecule has 0 saturated heterocycles. The maximum atomic E-state index is 12.2. The Hall–Kier alpha value is -2.78. The van der Waals surface area contributed by atoms with Gasteiger partial charge in [0.05, 0.1) is 6.61 Å². The standard InChI is InChI=1S/C19H18BrN3O2/c1-2-25-17-9-7-16(8-10-17)23-19(24)15(11-21)13-22-12-14-5-3-4-6-18(14)20/h3-10,13,22H,2,12H2,1H3,(H,23,24)/b15-13-. The number of hydrogen-bond donors (Lipinski definition) is 2. The molecule has 0 spiro atoms. The van der Waals surface area contributed by atoms with Gasteiger partial charge in [-0.05, 0) is 42.8 Å². The van der Waals surface area contributed by atoms with Gasteiger partial charge in [-0.15, -0.1) is 0 Å². The molecule has 0 saturated carbocycles. The van der Waals surface area contributed by atoms with Crippen LogP contribution in [0.3, 0.4) is 0 Å². The van der Waals surface area contributed by atoms with Crippen LogP contribution in [-0.2, 0) is 11.3 Å². The summed E-state index contributed by atoms with van der Waals surface area (Å²) in [5, 5.41) is 14.9. The quantitative estimate of drug-likeness (QED) is 0.545. The molecular weight excluding hydrogens is 382 g/mol. The third-order valence-electron chi connectivity index (χ3n) is 3.29. The molecule has 0 heterocycles. The highest BCUT2D eigenvalue weighted by Crippen LogP contribution is 2.17. The molecule has 0 unspecified atom stereocenters. The number of nitrogens with one attached hydrogen (secondary N) is 2. The van der Waals surface area contributed by atoms with Gasteiger partial charge in [0.1, 0.15) is 17.4 Å². The third-order valence-corrected chi connectivity index (χ3v) is 4.06. The normalized spacial score (nSPS) is 10.7. The van der Waals surface area contributed by atoms with Crippen molar-refractivity contribution in [1.29, 1.82) is 5.26 Å². The van der Waals surface area contributed by atoms with Crippen LogP contribution in [0.1, 0.15) is 12.5 Å². The van der Waals surface area contributed by atoms with Crippen molar-refractivity contribution in [2.45, 2.75) is 13.5 Å². The van der Waals surface area contributed by atoms with Gasteiger partial charge in [-0.2, -0.15) is 5.26 Å². The highest BCUT2D eigenvalue weighted by atomic mass is 79.9. The molecule has 128 valence electrons. The molecule has 0 aliphatic heterocycles. The van der Waals surface area contributed by atoms with E-state index in [9.17, 15) is 10.1 Å². The van der Waals surface area contributed by atoms with Crippen molar-refractivity contribution in [2.24, 2.45) is 0 Å². The van der Waals surface area contributed by atoms with Crippen molar-refractivity contribution in [3.05, 3.63) is 70.3 Å². The SMILES string of the molecule is CCOc1ccc(NC(=O)/C(C#N)=C\NCc2ccccc2Br)cc1. The number of rotatable bonds is 7. The van der Waals surface area contributed by atoms with Crippen molar-refractivity contribution in [1.82, 2.24) is 5.32 Å². The average Bonchev–Trinajstić information content (AvgIpc) is 2.62. The van der Waals surface area contributed by atoms with E-state index in [0.29, 0.717) is 18.8 Å². The summed E-state index contributed by atoms with van der Waals surface area (Å²) < 4.78 is 6.31. The van der Waals surface area contributed by atoms with Crippen LogP contribution in [-0.4, -0.2) is 12.5 Å². The summed E-state index contributed by atoms with van der Waals surface area (Å²) in [7, 11) is 0. The number of nitrogens with zero attached hydrogens (tertiary/aromatic N) is 1. The second kappa shape index (κ2) is 9.50. The van der Waals surface area contributed by atoms with Crippen LogP contribution in [0.2, 0.25) is 0 Å².